The van der Waals surface area contributed by atoms with Gasteiger partial charge in [0.15, 0.2) is 0 Å². The van der Waals surface area contributed by atoms with Crippen molar-refractivity contribution in [2.45, 2.75) is 45.2 Å². The minimum atomic E-state index is -0.915. The minimum absolute atomic E-state index is 0.275. The Kier molecular flexibility index (Phi) is 6.13. The highest BCUT2D eigenvalue weighted by atomic mass is 32.2. The highest BCUT2D eigenvalue weighted by Crippen LogP contribution is 2.15. The SMILES string of the molecule is Cc1cc(C)n(C[C@H](C)CN[C@H](C)c2ccc([S@](C)=O)cc2)n1. The summed E-state index contributed by atoms with van der Waals surface area (Å²) in [7, 11) is -0.915. The summed E-state index contributed by atoms with van der Waals surface area (Å²) < 4.78 is 13.5. The van der Waals surface area contributed by atoms with Crippen LogP contribution in [0.25, 0.3) is 0 Å². The molecule has 23 heavy (non-hydrogen) atoms. The number of hydrogen-bond donors (Lipinski definition) is 1. The number of nitrogens with one attached hydrogen (secondary N) is 1. The van der Waals surface area contributed by atoms with Gasteiger partial charge in [-0.1, -0.05) is 19.1 Å². The van der Waals surface area contributed by atoms with E-state index in [0.717, 1.165) is 23.7 Å². The molecule has 0 unspecified atom stereocenters. The second-order valence-electron chi connectivity index (χ2n) is 6.37. The number of aryl methyl sites for hydroxylation is 2. The van der Waals surface area contributed by atoms with Gasteiger partial charge in [0.1, 0.15) is 0 Å². The van der Waals surface area contributed by atoms with Crippen molar-refractivity contribution in [2.24, 2.45) is 5.92 Å². The largest absolute Gasteiger partial charge is 0.310 e. The molecule has 1 aromatic heterocycles. The van der Waals surface area contributed by atoms with E-state index in [2.05, 4.69) is 54.1 Å². The van der Waals surface area contributed by atoms with E-state index < -0.39 is 10.8 Å². The first-order valence-electron chi connectivity index (χ1n) is 8.04. The number of nitrogens with zero attached hydrogens (tertiary/aromatic N) is 2. The molecular weight excluding hydrogens is 306 g/mol. The Morgan fingerprint density at radius 1 is 1.22 bits per heavy atom. The summed E-state index contributed by atoms with van der Waals surface area (Å²) >= 11 is 0. The van der Waals surface area contributed by atoms with Gasteiger partial charge >= 0.3 is 0 Å². The first-order chi connectivity index (χ1) is 10.9. The normalized spacial score (nSPS) is 15.3. The van der Waals surface area contributed by atoms with Crippen LogP contribution in [0.5, 0.6) is 0 Å². The monoisotopic (exact) mass is 333 g/mol. The van der Waals surface area contributed by atoms with Gasteiger partial charge in [-0.05, 0) is 50.5 Å². The third-order valence-corrected chi connectivity index (χ3v) is 5.01. The Hall–Kier alpha value is -1.46. The Balaban J connectivity index is 1.86. The maximum Gasteiger partial charge on any atom is 0.0596 e. The van der Waals surface area contributed by atoms with E-state index >= 15 is 0 Å². The molecule has 0 amide bonds. The van der Waals surface area contributed by atoms with Crippen LogP contribution in [0.15, 0.2) is 35.2 Å². The molecule has 5 heteroatoms. The van der Waals surface area contributed by atoms with Gasteiger partial charge in [0.25, 0.3) is 0 Å². The molecule has 0 radical (unpaired) electrons. The van der Waals surface area contributed by atoms with Crippen LogP contribution < -0.4 is 5.32 Å². The first kappa shape index (κ1) is 17.9. The molecule has 0 aliphatic heterocycles. The van der Waals surface area contributed by atoms with Crippen molar-refractivity contribution in [1.82, 2.24) is 15.1 Å². The molecule has 1 heterocycles. The third kappa shape index (κ3) is 5.01. The molecule has 126 valence electrons. The molecule has 0 spiro atoms. The molecule has 4 nitrogen and oxygen atoms in total. The lowest BCUT2D eigenvalue weighted by atomic mass is 10.1. The van der Waals surface area contributed by atoms with E-state index in [-0.39, 0.29) is 6.04 Å². The summed E-state index contributed by atoms with van der Waals surface area (Å²) in [5.74, 6) is 0.498. The molecule has 2 aromatic rings. The number of aromatic nitrogens is 2. The maximum atomic E-state index is 11.4. The van der Waals surface area contributed by atoms with E-state index in [1.165, 1.54) is 11.3 Å². The topological polar surface area (TPSA) is 46.9 Å². The zero-order valence-electron chi connectivity index (χ0n) is 14.7. The van der Waals surface area contributed by atoms with Crippen LogP contribution in [-0.4, -0.2) is 26.8 Å². The third-order valence-electron chi connectivity index (χ3n) is 4.07. The molecule has 1 N–H and O–H groups in total. The van der Waals surface area contributed by atoms with Crippen LogP contribution in [0.2, 0.25) is 0 Å². The summed E-state index contributed by atoms with van der Waals surface area (Å²) in [6, 6.07) is 10.4. The molecule has 0 aliphatic rings. The molecule has 0 aliphatic carbocycles. The zero-order valence-corrected chi connectivity index (χ0v) is 15.5. The number of rotatable bonds is 7. The van der Waals surface area contributed by atoms with Crippen molar-refractivity contribution < 1.29 is 4.21 Å². The molecule has 0 saturated heterocycles. The van der Waals surface area contributed by atoms with Crippen molar-refractivity contribution in [2.75, 3.05) is 12.8 Å². The van der Waals surface area contributed by atoms with Crippen molar-refractivity contribution in [3.05, 3.63) is 47.3 Å². The molecule has 0 saturated carbocycles. The Morgan fingerprint density at radius 3 is 2.39 bits per heavy atom. The molecule has 1 aromatic carbocycles. The van der Waals surface area contributed by atoms with Crippen molar-refractivity contribution in [3.63, 3.8) is 0 Å². The van der Waals surface area contributed by atoms with Gasteiger partial charge in [0.2, 0.25) is 0 Å². The summed E-state index contributed by atoms with van der Waals surface area (Å²) in [6.07, 6.45) is 1.71. The minimum Gasteiger partial charge on any atom is -0.310 e. The molecule has 2 rings (SSSR count). The highest BCUT2D eigenvalue weighted by molar-refractivity contribution is 7.84. The Bertz CT molecular complexity index is 663. The maximum absolute atomic E-state index is 11.4. The number of benzene rings is 1. The van der Waals surface area contributed by atoms with Crippen molar-refractivity contribution in [1.29, 1.82) is 0 Å². The van der Waals surface area contributed by atoms with Gasteiger partial charge < -0.3 is 5.32 Å². The van der Waals surface area contributed by atoms with Crippen molar-refractivity contribution >= 4 is 10.8 Å². The fourth-order valence-electron chi connectivity index (χ4n) is 2.66. The summed E-state index contributed by atoms with van der Waals surface area (Å²) in [5, 5.41) is 8.10. The lowest BCUT2D eigenvalue weighted by molar-refractivity contribution is 0.398. The predicted molar refractivity (Wildman–Crippen MR) is 96.1 cm³/mol. The van der Waals surface area contributed by atoms with E-state index in [4.69, 9.17) is 0 Å². The van der Waals surface area contributed by atoms with Crippen LogP contribution in [0.4, 0.5) is 0 Å². The predicted octanol–water partition coefficient (Wildman–Crippen LogP) is 3.22. The van der Waals surface area contributed by atoms with E-state index in [0.29, 0.717) is 5.92 Å². The van der Waals surface area contributed by atoms with Gasteiger partial charge in [-0.2, -0.15) is 5.10 Å². The van der Waals surface area contributed by atoms with E-state index in [9.17, 15) is 4.21 Å². The second-order valence-corrected chi connectivity index (χ2v) is 7.75. The molecule has 3 atom stereocenters. The standard InChI is InChI=1S/C18H27N3OS/c1-13(12-21-15(3)10-14(2)20-21)11-19-16(4)17-6-8-18(9-7-17)23(5)22/h6-10,13,16,19H,11-12H2,1-5H3/t13-,16-,23+/m1/s1. The number of hydrogen-bond acceptors (Lipinski definition) is 3. The van der Waals surface area contributed by atoms with Crippen LogP contribution in [0.1, 0.15) is 36.8 Å². The lowest BCUT2D eigenvalue weighted by Crippen LogP contribution is -2.27. The van der Waals surface area contributed by atoms with E-state index in [1.54, 1.807) is 6.26 Å². The summed E-state index contributed by atoms with van der Waals surface area (Å²) in [4.78, 5) is 0.874. The summed E-state index contributed by atoms with van der Waals surface area (Å²) in [5.41, 5.74) is 3.51. The fourth-order valence-corrected chi connectivity index (χ4v) is 3.18. The van der Waals surface area contributed by atoms with Gasteiger partial charge in [-0.3, -0.25) is 8.89 Å². The lowest BCUT2D eigenvalue weighted by Gasteiger charge is -2.19. The molecule has 0 bridgehead atoms. The Labute approximate surface area is 141 Å². The summed E-state index contributed by atoms with van der Waals surface area (Å²) in [6.45, 7) is 10.4. The smallest absolute Gasteiger partial charge is 0.0596 e. The van der Waals surface area contributed by atoms with Gasteiger partial charge in [-0.25, -0.2) is 0 Å². The average Bonchev–Trinajstić information content (AvgIpc) is 2.82. The molecular formula is C18H27N3OS. The molecule has 0 fully saturated rings. The van der Waals surface area contributed by atoms with E-state index in [1.807, 2.05) is 19.1 Å². The Morgan fingerprint density at radius 2 is 1.87 bits per heavy atom. The average molecular weight is 334 g/mol. The first-order valence-corrected chi connectivity index (χ1v) is 9.60. The van der Waals surface area contributed by atoms with Gasteiger partial charge in [0.05, 0.1) is 5.69 Å². The van der Waals surface area contributed by atoms with Crippen LogP contribution in [-0.2, 0) is 17.3 Å². The van der Waals surface area contributed by atoms with Crippen LogP contribution in [0.3, 0.4) is 0 Å². The second kappa shape index (κ2) is 7.88. The van der Waals surface area contributed by atoms with Gasteiger partial charge in [-0.15, -0.1) is 0 Å². The van der Waals surface area contributed by atoms with Gasteiger partial charge in [0, 0.05) is 46.8 Å². The fraction of sp³-hybridized carbons (Fsp3) is 0.500. The van der Waals surface area contributed by atoms with Crippen LogP contribution >= 0.6 is 0 Å². The zero-order chi connectivity index (χ0) is 17.0. The van der Waals surface area contributed by atoms with Crippen LogP contribution in [0, 0.1) is 19.8 Å². The van der Waals surface area contributed by atoms with Crippen molar-refractivity contribution in [3.8, 4) is 0 Å². The quantitative estimate of drug-likeness (QED) is 0.846. The highest BCUT2D eigenvalue weighted by Gasteiger charge is 2.10.